The highest BCUT2D eigenvalue weighted by Crippen LogP contribution is 2.46. The summed E-state index contributed by atoms with van der Waals surface area (Å²) in [6.45, 7) is 0.385. The van der Waals surface area contributed by atoms with Crippen molar-refractivity contribution >= 4 is 45.5 Å². The molecular formula is C29H27FN7O4S2-. The van der Waals surface area contributed by atoms with Gasteiger partial charge >= 0.3 is 5.17 Å². The van der Waals surface area contributed by atoms with Crippen molar-refractivity contribution in [1.29, 1.82) is 0 Å². The summed E-state index contributed by atoms with van der Waals surface area (Å²) in [5, 5.41) is 4.76. The molecule has 0 aliphatic heterocycles. The fraction of sp³-hybridized carbons (Fsp3) is 0.241. The molecule has 1 aliphatic carbocycles. The van der Waals surface area contributed by atoms with Crippen molar-refractivity contribution in [3.8, 4) is 22.7 Å². The second-order valence-electron chi connectivity index (χ2n) is 10.2. The lowest BCUT2D eigenvalue weighted by Gasteiger charge is -2.25. The highest BCUT2D eigenvalue weighted by molar-refractivity contribution is 7.80. The third-order valence-electron chi connectivity index (χ3n) is 7.16. The summed E-state index contributed by atoms with van der Waals surface area (Å²) in [6, 6.07) is 10.1. The van der Waals surface area contributed by atoms with Gasteiger partial charge in [-0.1, -0.05) is 5.16 Å². The molecule has 14 heteroatoms. The van der Waals surface area contributed by atoms with Crippen LogP contribution in [0.2, 0.25) is 0 Å². The van der Waals surface area contributed by atoms with Gasteiger partial charge in [-0.2, -0.15) is 0 Å². The minimum atomic E-state index is -2.48. The summed E-state index contributed by atoms with van der Waals surface area (Å²) >= 11 is 2.63. The van der Waals surface area contributed by atoms with E-state index in [4.69, 9.17) is 27.2 Å². The number of nitrogens with one attached hydrogen (secondary N) is 1. The highest BCUT2D eigenvalue weighted by Gasteiger charge is 2.29. The van der Waals surface area contributed by atoms with E-state index in [0.29, 0.717) is 41.5 Å². The number of aromatic amines is 1. The van der Waals surface area contributed by atoms with Crippen molar-refractivity contribution in [1.82, 2.24) is 23.8 Å². The number of fused-ring (bicyclic) bond motifs is 1. The maximum absolute atomic E-state index is 13.7. The van der Waals surface area contributed by atoms with Gasteiger partial charge in [0, 0.05) is 66.5 Å². The number of oxime groups is 1. The monoisotopic (exact) mass is 620 g/mol. The van der Waals surface area contributed by atoms with Gasteiger partial charge in [-0.3, -0.25) is 8.78 Å². The van der Waals surface area contributed by atoms with Crippen LogP contribution in [0.15, 0.2) is 77.1 Å². The molecule has 0 saturated heterocycles. The number of furan rings is 1. The standard InChI is InChI=1S/C29H28FN7O4S2/c30-21-7-5-19(6-8-21)27-26(28-33-9-10-34-28)23-15-22(18-3-4-18)20(14-24(23)40-27)16-37(43(38)39)12-1-2-25(31)35-41-29(42)36-13-11-32-17-36/h5-11,13-15,17-18H,1-4,12,16H2,(H2,31,35)(H,33,34)(H,38,39)/p-1. The lowest BCUT2D eigenvalue weighted by molar-refractivity contribution is 0.320. The minimum Gasteiger partial charge on any atom is -0.760 e. The van der Waals surface area contributed by atoms with Gasteiger partial charge in [-0.25, -0.2) is 18.7 Å². The number of hydrogen-bond acceptors (Lipinski definition) is 8. The number of nitrogens with zero attached hydrogens (tertiary/aromatic N) is 5. The summed E-state index contributed by atoms with van der Waals surface area (Å²) in [5.74, 6) is 1.35. The second kappa shape index (κ2) is 12.6. The van der Waals surface area contributed by atoms with Gasteiger partial charge in [0.25, 0.3) is 0 Å². The van der Waals surface area contributed by atoms with Crippen LogP contribution >= 0.6 is 12.2 Å². The molecular weight excluding hydrogens is 593 g/mol. The first-order valence-corrected chi connectivity index (χ1v) is 15.0. The van der Waals surface area contributed by atoms with Gasteiger partial charge in [0.1, 0.15) is 35.1 Å². The second-order valence-corrected chi connectivity index (χ2v) is 11.5. The van der Waals surface area contributed by atoms with Crippen molar-refractivity contribution in [2.24, 2.45) is 10.9 Å². The Hall–Kier alpha value is -4.24. The molecule has 1 aliphatic rings. The van der Waals surface area contributed by atoms with Crippen LogP contribution in [0, 0.1) is 5.82 Å². The molecule has 6 rings (SSSR count). The Kier molecular flexibility index (Phi) is 8.42. The van der Waals surface area contributed by atoms with E-state index in [0.717, 1.165) is 34.9 Å². The van der Waals surface area contributed by atoms with Crippen LogP contribution in [0.3, 0.4) is 0 Å². The molecule has 5 aromatic rings. The third-order valence-corrected chi connectivity index (χ3v) is 8.18. The maximum atomic E-state index is 13.7. The SMILES string of the molecule is N/C(CCCN(Cc1cc2oc(-c3ccc(F)cc3)c(-c3ncc[nH]3)c2cc1C1CC1)S(=O)[O-])=N\OC(=S)n1ccnc1. The summed E-state index contributed by atoms with van der Waals surface area (Å²) in [4.78, 5) is 16.7. The molecule has 1 saturated carbocycles. The van der Waals surface area contributed by atoms with Crippen LogP contribution in [0.5, 0.6) is 0 Å². The molecule has 43 heavy (non-hydrogen) atoms. The number of rotatable bonds is 11. The number of hydrogen-bond donors (Lipinski definition) is 2. The number of benzene rings is 2. The molecule has 3 N–H and O–H groups in total. The number of amidine groups is 1. The molecule has 1 atom stereocenters. The lowest BCUT2D eigenvalue weighted by atomic mass is 9.97. The van der Waals surface area contributed by atoms with E-state index in [-0.39, 0.29) is 29.9 Å². The van der Waals surface area contributed by atoms with Crippen LogP contribution in [0.25, 0.3) is 33.7 Å². The van der Waals surface area contributed by atoms with E-state index >= 15 is 0 Å². The van der Waals surface area contributed by atoms with Crippen molar-refractivity contribution in [2.75, 3.05) is 6.54 Å². The maximum Gasteiger partial charge on any atom is 0.301 e. The Labute approximate surface area is 254 Å². The molecule has 0 bridgehead atoms. The quantitative estimate of drug-likeness (QED) is 0.0672. The zero-order valence-corrected chi connectivity index (χ0v) is 24.4. The normalized spacial score (nSPS) is 14.4. The summed E-state index contributed by atoms with van der Waals surface area (Å²) in [7, 11) is 0. The van der Waals surface area contributed by atoms with Crippen LogP contribution in [0.4, 0.5) is 4.39 Å². The van der Waals surface area contributed by atoms with Crippen LogP contribution in [-0.4, -0.2) is 50.1 Å². The predicted molar refractivity (Wildman–Crippen MR) is 163 cm³/mol. The highest BCUT2D eigenvalue weighted by atomic mass is 32.2. The fourth-order valence-electron chi connectivity index (χ4n) is 4.95. The number of imidazole rings is 2. The fourth-order valence-corrected chi connectivity index (χ4v) is 5.61. The smallest absolute Gasteiger partial charge is 0.301 e. The van der Waals surface area contributed by atoms with Gasteiger partial charge in [-0.15, -0.1) is 0 Å². The summed E-state index contributed by atoms with van der Waals surface area (Å²) in [6.07, 6.45) is 10.8. The van der Waals surface area contributed by atoms with E-state index in [1.165, 1.54) is 27.3 Å². The molecule has 2 aromatic carbocycles. The Morgan fingerprint density at radius 2 is 2.12 bits per heavy atom. The summed E-state index contributed by atoms with van der Waals surface area (Å²) in [5.41, 5.74) is 9.96. The van der Waals surface area contributed by atoms with Crippen molar-refractivity contribution in [3.63, 3.8) is 0 Å². The van der Waals surface area contributed by atoms with E-state index in [9.17, 15) is 13.2 Å². The van der Waals surface area contributed by atoms with Crippen molar-refractivity contribution < 1.29 is 22.4 Å². The number of halogens is 1. The topological polar surface area (TPSA) is 151 Å². The van der Waals surface area contributed by atoms with Gasteiger partial charge in [0.15, 0.2) is 0 Å². The largest absolute Gasteiger partial charge is 0.760 e. The summed E-state index contributed by atoms with van der Waals surface area (Å²) < 4.78 is 47.4. The van der Waals surface area contributed by atoms with Gasteiger partial charge < -0.3 is 24.5 Å². The van der Waals surface area contributed by atoms with Gasteiger partial charge in [0.2, 0.25) is 0 Å². The first-order chi connectivity index (χ1) is 20.9. The van der Waals surface area contributed by atoms with Crippen LogP contribution < -0.4 is 5.73 Å². The Morgan fingerprint density at radius 3 is 2.79 bits per heavy atom. The zero-order chi connectivity index (χ0) is 29.9. The first-order valence-electron chi connectivity index (χ1n) is 13.6. The minimum absolute atomic E-state index is 0.0708. The van der Waals surface area contributed by atoms with Crippen molar-refractivity contribution in [3.05, 3.63) is 84.5 Å². The van der Waals surface area contributed by atoms with E-state index < -0.39 is 11.3 Å². The Morgan fingerprint density at radius 1 is 1.30 bits per heavy atom. The molecule has 0 amide bonds. The van der Waals surface area contributed by atoms with E-state index in [1.54, 1.807) is 36.9 Å². The predicted octanol–water partition coefficient (Wildman–Crippen LogP) is 5.20. The number of thiocarbonyl (C=S) groups is 1. The van der Waals surface area contributed by atoms with Crippen LogP contribution in [0.1, 0.15) is 42.7 Å². The zero-order valence-electron chi connectivity index (χ0n) is 22.8. The number of nitrogens with two attached hydrogens (primary N) is 1. The molecule has 3 heterocycles. The molecule has 3 aromatic heterocycles. The van der Waals surface area contributed by atoms with Gasteiger partial charge in [0.05, 0.1) is 5.56 Å². The first kappa shape index (κ1) is 28.9. The molecule has 1 unspecified atom stereocenters. The molecule has 222 valence electrons. The van der Waals surface area contributed by atoms with Crippen LogP contribution in [-0.2, 0) is 22.6 Å². The van der Waals surface area contributed by atoms with Gasteiger partial charge in [-0.05, 0) is 84.9 Å². The Bertz CT molecular complexity index is 1780. The average molecular weight is 621 g/mol. The number of aromatic nitrogens is 4. The molecule has 11 nitrogen and oxygen atoms in total. The average Bonchev–Trinajstić information content (AvgIpc) is 3.36. The van der Waals surface area contributed by atoms with E-state index in [1.807, 2.05) is 6.07 Å². The Balaban J connectivity index is 1.24. The third kappa shape index (κ3) is 6.57. The lowest BCUT2D eigenvalue weighted by Crippen LogP contribution is -2.28. The molecule has 1 fully saturated rings. The molecule has 0 spiro atoms. The van der Waals surface area contributed by atoms with E-state index in [2.05, 4.69) is 26.2 Å². The number of H-pyrrole nitrogens is 1. The van der Waals surface area contributed by atoms with Crippen molar-refractivity contribution in [2.45, 2.75) is 38.1 Å². The molecule has 0 radical (unpaired) electrons.